The summed E-state index contributed by atoms with van der Waals surface area (Å²) in [7, 11) is 0. The highest BCUT2D eigenvalue weighted by atomic mass is 35.5. The maximum atomic E-state index is 11.8. The minimum absolute atomic E-state index is 0. The molecule has 0 aliphatic carbocycles. The smallest absolute Gasteiger partial charge is 0.231 e. The summed E-state index contributed by atoms with van der Waals surface area (Å²) in [5.41, 5.74) is 0. The third kappa shape index (κ3) is 3.92. The van der Waals surface area contributed by atoms with Crippen molar-refractivity contribution in [2.24, 2.45) is 5.92 Å². The van der Waals surface area contributed by atoms with E-state index in [1.807, 2.05) is 12.1 Å². The lowest BCUT2D eigenvalue weighted by Gasteiger charge is -2.11. The van der Waals surface area contributed by atoms with Crippen LogP contribution in [0, 0.1) is 5.92 Å². The largest absolute Gasteiger partial charge is 0.492 e. The van der Waals surface area contributed by atoms with Gasteiger partial charge in [0.15, 0.2) is 11.5 Å². The molecule has 2 N–H and O–H groups in total. The number of carbonyl (C=O) groups is 1. The summed E-state index contributed by atoms with van der Waals surface area (Å²) in [6.07, 6.45) is 0.912. The fourth-order valence-electron chi connectivity index (χ4n) is 2.33. The lowest BCUT2D eigenvalue weighted by molar-refractivity contribution is -0.124. The monoisotopic (exact) mass is 314 g/mol. The first kappa shape index (κ1) is 15.7. The van der Waals surface area contributed by atoms with Gasteiger partial charge in [0.25, 0.3) is 0 Å². The first-order valence-corrected chi connectivity index (χ1v) is 6.84. The summed E-state index contributed by atoms with van der Waals surface area (Å²) in [5, 5.41) is 6.06. The Labute approximate surface area is 129 Å². The van der Waals surface area contributed by atoms with Crippen molar-refractivity contribution in [1.82, 2.24) is 10.6 Å². The summed E-state index contributed by atoms with van der Waals surface area (Å²) in [6, 6.07) is 5.45. The SMILES string of the molecule is Cl.O=C(NCCOc1ccc2c(c1)OCO2)C1CCNC1. The van der Waals surface area contributed by atoms with Gasteiger partial charge in [-0.1, -0.05) is 0 Å². The zero-order chi connectivity index (χ0) is 13.8. The minimum atomic E-state index is 0. The lowest BCUT2D eigenvalue weighted by Crippen LogP contribution is -2.34. The van der Waals surface area contributed by atoms with E-state index in [2.05, 4.69) is 10.6 Å². The van der Waals surface area contributed by atoms with Crippen LogP contribution in [-0.4, -0.2) is 38.9 Å². The molecule has 0 bridgehead atoms. The molecule has 1 atom stereocenters. The van der Waals surface area contributed by atoms with E-state index in [9.17, 15) is 4.79 Å². The highest BCUT2D eigenvalue weighted by Gasteiger charge is 2.21. The van der Waals surface area contributed by atoms with Crippen LogP contribution in [0.5, 0.6) is 17.2 Å². The molecular weight excluding hydrogens is 296 g/mol. The molecule has 1 fully saturated rings. The molecular formula is C14H19ClN2O4. The topological polar surface area (TPSA) is 68.8 Å². The molecule has 1 amide bonds. The second-order valence-electron chi connectivity index (χ2n) is 4.84. The fourth-order valence-corrected chi connectivity index (χ4v) is 2.33. The van der Waals surface area contributed by atoms with Gasteiger partial charge in [-0.05, 0) is 25.1 Å². The Hall–Kier alpha value is -1.66. The third-order valence-corrected chi connectivity index (χ3v) is 3.45. The van der Waals surface area contributed by atoms with Crippen LogP contribution in [0.4, 0.5) is 0 Å². The molecule has 1 aromatic rings. The number of carbonyl (C=O) groups excluding carboxylic acids is 1. The van der Waals surface area contributed by atoms with Gasteiger partial charge in [0.05, 0.1) is 12.5 Å². The van der Waals surface area contributed by atoms with Crippen LogP contribution >= 0.6 is 12.4 Å². The standard InChI is InChI=1S/C14H18N2O4.ClH/c17-14(10-3-4-15-8-10)16-5-6-18-11-1-2-12-13(7-11)20-9-19-12;/h1-2,7,10,15H,3-6,8-9H2,(H,16,17);1H. The van der Waals surface area contributed by atoms with E-state index in [4.69, 9.17) is 14.2 Å². The molecule has 2 aliphatic heterocycles. The van der Waals surface area contributed by atoms with Crippen molar-refractivity contribution in [2.45, 2.75) is 6.42 Å². The molecule has 7 heteroatoms. The fraction of sp³-hybridized carbons (Fsp3) is 0.500. The van der Waals surface area contributed by atoms with Crippen LogP contribution in [0.1, 0.15) is 6.42 Å². The molecule has 6 nitrogen and oxygen atoms in total. The van der Waals surface area contributed by atoms with Gasteiger partial charge in [0, 0.05) is 12.6 Å². The van der Waals surface area contributed by atoms with E-state index < -0.39 is 0 Å². The number of rotatable bonds is 5. The highest BCUT2D eigenvalue weighted by molar-refractivity contribution is 5.85. The number of ether oxygens (including phenoxy) is 3. The minimum Gasteiger partial charge on any atom is -0.492 e. The molecule has 0 spiro atoms. The van der Waals surface area contributed by atoms with Crippen LogP contribution in [0.25, 0.3) is 0 Å². The molecule has 0 radical (unpaired) electrons. The molecule has 2 heterocycles. The number of halogens is 1. The Morgan fingerprint density at radius 1 is 1.38 bits per heavy atom. The zero-order valence-corrected chi connectivity index (χ0v) is 12.4. The van der Waals surface area contributed by atoms with Gasteiger partial charge >= 0.3 is 0 Å². The number of nitrogens with one attached hydrogen (secondary N) is 2. The van der Waals surface area contributed by atoms with E-state index in [1.165, 1.54) is 0 Å². The summed E-state index contributed by atoms with van der Waals surface area (Å²) < 4.78 is 16.1. The second-order valence-corrected chi connectivity index (χ2v) is 4.84. The van der Waals surface area contributed by atoms with E-state index in [-0.39, 0.29) is 31.0 Å². The Morgan fingerprint density at radius 2 is 2.24 bits per heavy atom. The molecule has 21 heavy (non-hydrogen) atoms. The van der Waals surface area contributed by atoms with Crippen molar-refractivity contribution in [3.05, 3.63) is 18.2 Å². The molecule has 1 unspecified atom stereocenters. The van der Waals surface area contributed by atoms with Gasteiger partial charge in [-0.15, -0.1) is 12.4 Å². The van der Waals surface area contributed by atoms with Crippen molar-refractivity contribution in [2.75, 3.05) is 33.0 Å². The number of amides is 1. The molecule has 1 saturated heterocycles. The Bertz CT molecular complexity index is 492. The van der Waals surface area contributed by atoms with Crippen molar-refractivity contribution in [3.63, 3.8) is 0 Å². The normalized spacial score (nSPS) is 19.0. The number of hydrogen-bond acceptors (Lipinski definition) is 5. The van der Waals surface area contributed by atoms with Crippen LogP contribution in [0.3, 0.4) is 0 Å². The van der Waals surface area contributed by atoms with Gasteiger partial charge in [0.1, 0.15) is 12.4 Å². The Kier molecular flexibility index (Phi) is 5.52. The average Bonchev–Trinajstić information content (AvgIpc) is 3.13. The second kappa shape index (κ2) is 7.38. The van der Waals surface area contributed by atoms with Gasteiger partial charge < -0.3 is 24.8 Å². The maximum absolute atomic E-state index is 11.8. The quantitative estimate of drug-likeness (QED) is 0.792. The lowest BCUT2D eigenvalue weighted by atomic mass is 10.1. The van der Waals surface area contributed by atoms with Crippen molar-refractivity contribution >= 4 is 18.3 Å². The van der Waals surface area contributed by atoms with Crippen LogP contribution < -0.4 is 24.8 Å². The van der Waals surface area contributed by atoms with E-state index in [0.717, 1.165) is 25.3 Å². The average molecular weight is 315 g/mol. The molecule has 3 rings (SSSR count). The van der Waals surface area contributed by atoms with Gasteiger partial charge in [-0.3, -0.25) is 4.79 Å². The number of benzene rings is 1. The maximum Gasteiger partial charge on any atom is 0.231 e. The van der Waals surface area contributed by atoms with Crippen LogP contribution in [0.15, 0.2) is 18.2 Å². The predicted octanol–water partition coefficient (Wildman–Crippen LogP) is 0.942. The summed E-state index contributed by atoms with van der Waals surface area (Å²) >= 11 is 0. The summed E-state index contributed by atoms with van der Waals surface area (Å²) in [5.74, 6) is 2.35. The molecule has 116 valence electrons. The molecule has 0 aromatic heterocycles. The van der Waals surface area contributed by atoms with Crippen LogP contribution in [-0.2, 0) is 4.79 Å². The zero-order valence-electron chi connectivity index (χ0n) is 11.6. The number of fused-ring (bicyclic) bond motifs is 1. The first-order valence-electron chi connectivity index (χ1n) is 6.84. The van der Waals surface area contributed by atoms with Gasteiger partial charge in [-0.25, -0.2) is 0 Å². The summed E-state index contributed by atoms with van der Waals surface area (Å²) in [4.78, 5) is 11.8. The van der Waals surface area contributed by atoms with Crippen molar-refractivity contribution < 1.29 is 19.0 Å². The first-order chi connectivity index (χ1) is 9.83. The Balaban J connectivity index is 0.00000161. The summed E-state index contributed by atoms with van der Waals surface area (Å²) in [6.45, 7) is 2.89. The van der Waals surface area contributed by atoms with E-state index >= 15 is 0 Å². The van der Waals surface area contributed by atoms with Crippen LogP contribution in [0.2, 0.25) is 0 Å². The van der Waals surface area contributed by atoms with Crippen molar-refractivity contribution in [3.8, 4) is 17.2 Å². The Morgan fingerprint density at radius 3 is 3.05 bits per heavy atom. The predicted molar refractivity (Wildman–Crippen MR) is 79.3 cm³/mol. The molecule has 1 aromatic carbocycles. The highest BCUT2D eigenvalue weighted by Crippen LogP contribution is 2.34. The molecule has 2 aliphatic rings. The van der Waals surface area contributed by atoms with Crippen molar-refractivity contribution in [1.29, 1.82) is 0 Å². The van der Waals surface area contributed by atoms with Gasteiger partial charge in [-0.2, -0.15) is 0 Å². The van der Waals surface area contributed by atoms with E-state index in [0.29, 0.717) is 24.7 Å². The number of hydrogen-bond donors (Lipinski definition) is 2. The molecule has 0 saturated carbocycles. The van der Waals surface area contributed by atoms with E-state index in [1.54, 1.807) is 6.07 Å². The third-order valence-electron chi connectivity index (χ3n) is 3.45. The van der Waals surface area contributed by atoms with Gasteiger partial charge in [0.2, 0.25) is 12.7 Å².